The first-order valence-electron chi connectivity index (χ1n) is 7.99. The van der Waals surface area contributed by atoms with Crippen molar-refractivity contribution < 1.29 is 24.0 Å². The van der Waals surface area contributed by atoms with Crippen LogP contribution in [0.4, 0.5) is 17.1 Å². The van der Waals surface area contributed by atoms with Crippen molar-refractivity contribution in [2.24, 2.45) is 0 Å². The zero-order valence-electron chi connectivity index (χ0n) is 15.4. The Balaban J connectivity index is 2.11. The molecule has 0 saturated carbocycles. The smallest absolute Gasteiger partial charge is 0.341 e. The van der Waals surface area contributed by atoms with Crippen molar-refractivity contribution in [3.63, 3.8) is 0 Å². The number of nitrogens with one attached hydrogen (secondary N) is 1. The van der Waals surface area contributed by atoms with Gasteiger partial charge in [0.2, 0.25) is 0 Å². The van der Waals surface area contributed by atoms with Crippen LogP contribution in [0.3, 0.4) is 0 Å². The second kappa shape index (κ2) is 9.05. The van der Waals surface area contributed by atoms with E-state index in [2.05, 4.69) is 5.32 Å². The Morgan fingerprint density at radius 3 is 2.54 bits per heavy atom. The highest BCUT2D eigenvalue weighted by Gasteiger charge is 2.20. The first-order valence-corrected chi connectivity index (χ1v) is 8.37. The third-order valence-electron chi connectivity index (χ3n) is 3.66. The summed E-state index contributed by atoms with van der Waals surface area (Å²) < 4.78 is 10.1. The van der Waals surface area contributed by atoms with Crippen molar-refractivity contribution in [1.29, 1.82) is 0 Å². The van der Waals surface area contributed by atoms with Gasteiger partial charge in [-0.15, -0.1) is 0 Å². The number of nitro groups is 1. The van der Waals surface area contributed by atoms with Gasteiger partial charge in [0.05, 0.1) is 29.0 Å². The van der Waals surface area contributed by atoms with Crippen LogP contribution >= 0.6 is 11.6 Å². The molecule has 10 heteroatoms. The van der Waals surface area contributed by atoms with Crippen LogP contribution in [-0.2, 0) is 9.53 Å². The molecule has 0 aliphatic heterocycles. The van der Waals surface area contributed by atoms with Gasteiger partial charge in [-0.25, -0.2) is 4.79 Å². The molecule has 148 valence electrons. The number of rotatable bonds is 7. The minimum atomic E-state index is -0.861. The molecule has 9 nitrogen and oxygen atoms in total. The number of esters is 1. The molecule has 0 aliphatic carbocycles. The van der Waals surface area contributed by atoms with Crippen molar-refractivity contribution in [3.8, 4) is 5.75 Å². The summed E-state index contributed by atoms with van der Waals surface area (Å²) in [7, 11) is 4.79. The number of benzene rings is 2. The molecule has 1 amide bonds. The summed E-state index contributed by atoms with van der Waals surface area (Å²) in [4.78, 5) is 36.5. The second-order valence-corrected chi connectivity index (χ2v) is 6.26. The third kappa shape index (κ3) is 5.10. The molecule has 0 fully saturated rings. The molecular weight excluding hydrogens is 390 g/mol. The molecular formula is C18H18ClN3O6. The van der Waals surface area contributed by atoms with E-state index in [0.717, 1.165) is 6.07 Å². The standard InChI is InChI=1S/C18H18ClN3O6/c1-21(2)15-6-5-12(22(25)26)9-13(15)18(24)28-10-17(23)20-14-8-11(19)4-7-16(14)27-3/h4-9H,10H2,1-3H3,(H,20,23). The monoisotopic (exact) mass is 407 g/mol. The van der Waals surface area contributed by atoms with E-state index in [1.807, 2.05) is 0 Å². The lowest BCUT2D eigenvalue weighted by atomic mass is 10.1. The predicted molar refractivity (Wildman–Crippen MR) is 104 cm³/mol. The first-order chi connectivity index (χ1) is 13.2. The average molecular weight is 408 g/mol. The molecule has 2 aromatic carbocycles. The summed E-state index contributed by atoms with van der Waals surface area (Å²) >= 11 is 5.90. The van der Waals surface area contributed by atoms with Crippen LogP contribution in [0.15, 0.2) is 36.4 Å². The van der Waals surface area contributed by atoms with Crippen LogP contribution in [0.25, 0.3) is 0 Å². The summed E-state index contributed by atoms with van der Waals surface area (Å²) in [5.41, 5.74) is 0.464. The molecule has 0 aromatic heterocycles. The van der Waals surface area contributed by atoms with Gasteiger partial charge in [-0.1, -0.05) is 11.6 Å². The van der Waals surface area contributed by atoms with Gasteiger partial charge < -0.3 is 19.7 Å². The highest BCUT2D eigenvalue weighted by molar-refractivity contribution is 6.31. The Bertz CT molecular complexity index is 916. The Morgan fingerprint density at radius 1 is 1.21 bits per heavy atom. The maximum atomic E-state index is 12.4. The molecule has 0 atom stereocenters. The Hall–Kier alpha value is -3.33. The molecule has 2 rings (SSSR count). The molecule has 2 aromatic rings. The van der Waals surface area contributed by atoms with Crippen LogP contribution < -0.4 is 15.0 Å². The van der Waals surface area contributed by atoms with Crippen molar-refractivity contribution in [1.82, 2.24) is 0 Å². The summed E-state index contributed by atoms with van der Waals surface area (Å²) in [5, 5.41) is 13.9. The first kappa shape index (κ1) is 21.0. The van der Waals surface area contributed by atoms with Crippen LogP contribution in [0, 0.1) is 10.1 Å². The van der Waals surface area contributed by atoms with Crippen molar-refractivity contribution in [2.75, 3.05) is 38.0 Å². The molecule has 0 spiro atoms. The highest BCUT2D eigenvalue weighted by atomic mass is 35.5. The largest absolute Gasteiger partial charge is 0.495 e. The molecule has 0 radical (unpaired) electrons. The van der Waals surface area contributed by atoms with E-state index in [4.69, 9.17) is 21.1 Å². The molecule has 0 heterocycles. The van der Waals surface area contributed by atoms with Gasteiger partial charge in [-0.05, 0) is 24.3 Å². The van der Waals surface area contributed by atoms with E-state index < -0.39 is 23.4 Å². The number of ether oxygens (including phenoxy) is 2. The summed E-state index contributed by atoms with van der Waals surface area (Å²) in [6.45, 7) is -0.593. The number of carbonyl (C=O) groups is 2. The molecule has 0 unspecified atom stereocenters. The Kier molecular flexibility index (Phi) is 6.78. The van der Waals surface area contributed by atoms with Gasteiger partial charge in [-0.2, -0.15) is 0 Å². The normalized spacial score (nSPS) is 10.1. The van der Waals surface area contributed by atoms with E-state index in [9.17, 15) is 19.7 Å². The summed E-state index contributed by atoms with van der Waals surface area (Å²) in [5.74, 6) is -1.09. The number of non-ortho nitro benzene ring substituents is 1. The maximum absolute atomic E-state index is 12.4. The zero-order valence-corrected chi connectivity index (χ0v) is 16.1. The van der Waals surface area contributed by atoms with Crippen LogP contribution in [0.2, 0.25) is 5.02 Å². The van der Waals surface area contributed by atoms with Gasteiger partial charge >= 0.3 is 5.97 Å². The number of nitrogens with zero attached hydrogens (tertiary/aromatic N) is 2. The Morgan fingerprint density at radius 2 is 1.93 bits per heavy atom. The number of halogens is 1. The minimum absolute atomic E-state index is 0.0210. The van der Waals surface area contributed by atoms with Crippen LogP contribution in [-0.4, -0.2) is 44.6 Å². The Labute approximate surface area is 165 Å². The lowest BCUT2D eigenvalue weighted by molar-refractivity contribution is -0.384. The molecule has 1 N–H and O–H groups in total. The fourth-order valence-electron chi connectivity index (χ4n) is 2.36. The van der Waals surface area contributed by atoms with Gasteiger partial charge in [0.15, 0.2) is 6.61 Å². The van der Waals surface area contributed by atoms with Crippen molar-refractivity contribution in [3.05, 3.63) is 57.1 Å². The van der Waals surface area contributed by atoms with Gasteiger partial charge in [0.1, 0.15) is 5.75 Å². The summed E-state index contributed by atoms with van der Waals surface area (Å²) in [6.07, 6.45) is 0. The second-order valence-electron chi connectivity index (χ2n) is 5.82. The van der Waals surface area contributed by atoms with E-state index in [0.29, 0.717) is 22.1 Å². The topological polar surface area (TPSA) is 111 Å². The zero-order chi connectivity index (χ0) is 20.8. The van der Waals surface area contributed by atoms with Crippen LogP contribution in [0.1, 0.15) is 10.4 Å². The maximum Gasteiger partial charge on any atom is 0.341 e. The van der Waals surface area contributed by atoms with Gasteiger partial charge in [0, 0.05) is 31.3 Å². The number of methoxy groups -OCH3 is 1. The molecule has 0 saturated heterocycles. The van der Waals surface area contributed by atoms with Crippen molar-refractivity contribution >= 4 is 40.5 Å². The SMILES string of the molecule is COc1ccc(Cl)cc1NC(=O)COC(=O)c1cc([N+](=O)[O-])ccc1N(C)C. The van der Waals surface area contributed by atoms with E-state index >= 15 is 0 Å². The van der Waals surface area contributed by atoms with Crippen molar-refractivity contribution in [2.45, 2.75) is 0 Å². The number of nitro benzene ring substituents is 1. The number of carbonyl (C=O) groups excluding carboxylic acids is 2. The van der Waals surface area contributed by atoms with Crippen LogP contribution in [0.5, 0.6) is 5.75 Å². The highest BCUT2D eigenvalue weighted by Crippen LogP contribution is 2.28. The van der Waals surface area contributed by atoms with E-state index in [1.165, 1.54) is 25.3 Å². The quantitative estimate of drug-likeness (QED) is 0.426. The lowest BCUT2D eigenvalue weighted by Crippen LogP contribution is -2.22. The van der Waals surface area contributed by atoms with Gasteiger partial charge in [-0.3, -0.25) is 14.9 Å². The molecule has 28 heavy (non-hydrogen) atoms. The number of hydrogen-bond donors (Lipinski definition) is 1. The molecule has 0 aliphatic rings. The van der Waals surface area contributed by atoms with E-state index in [-0.39, 0.29) is 11.3 Å². The predicted octanol–water partition coefficient (Wildman–Crippen LogP) is 3.12. The third-order valence-corrected chi connectivity index (χ3v) is 3.90. The number of amides is 1. The molecule has 0 bridgehead atoms. The fourth-order valence-corrected chi connectivity index (χ4v) is 2.54. The fraction of sp³-hybridized carbons (Fsp3) is 0.222. The number of anilines is 2. The lowest BCUT2D eigenvalue weighted by Gasteiger charge is -2.16. The summed E-state index contributed by atoms with van der Waals surface area (Å²) in [6, 6.07) is 8.49. The van der Waals surface area contributed by atoms with E-state index in [1.54, 1.807) is 31.1 Å². The van der Waals surface area contributed by atoms with Gasteiger partial charge in [0.25, 0.3) is 11.6 Å². The minimum Gasteiger partial charge on any atom is -0.495 e. The average Bonchev–Trinajstić information content (AvgIpc) is 2.65. The number of hydrogen-bond acceptors (Lipinski definition) is 7.